The van der Waals surface area contributed by atoms with E-state index in [1.807, 2.05) is 58.5 Å². The summed E-state index contributed by atoms with van der Waals surface area (Å²) in [5, 5.41) is 10.7. The number of aromatic nitrogens is 2. The van der Waals surface area contributed by atoms with Crippen LogP contribution in [0.4, 0.5) is 4.79 Å². The zero-order valence-corrected chi connectivity index (χ0v) is 18.0. The van der Waals surface area contributed by atoms with E-state index in [0.29, 0.717) is 19.0 Å². The van der Waals surface area contributed by atoms with E-state index >= 15 is 0 Å². The summed E-state index contributed by atoms with van der Waals surface area (Å²) in [6, 6.07) is 1.70. The van der Waals surface area contributed by atoms with Crippen molar-refractivity contribution < 1.29 is 14.3 Å². The van der Waals surface area contributed by atoms with Crippen LogP contribution in [0, 0.1) is 0 Å². The molecule has 0 aliphatic carbocycles. The largest absolute Gasteiger partial charge is 0.444 e. The van der Waals surface area contributed by atoms with Gasteiger partial charge in [0.2, 0.25) is 0 Å². The van der Waals surface area contributed by atoms with E-state index in [4.69, 9.17) is 9.47 Å². The number of nitrogens with zero attached hydrogens (tertiary/aromatic N) is 4. The van der Waals surface area contributed by atoms with Crippen molar-refractivity contribution in [2.75, 3.05) is 20.1 Å². The second kappa shape index (κ2) is 8.81. The third kappa shape index (κ3) is 5.85. The van der Waals surface area contributed by atoms with Gasteiger partial charge in [0.25, 0.3) is 0 Å². The SMILES string of the molecule is CN=C(NCCn1cccn1)NCC1C(C)OC(C)(C)N1C(=O)OC(C)(C)C. The van der Waals surface area contributed by atoms with Gasteiger partial charge in [-0.05, 0) is 47.6 Å². The monoisotopic (exact) mass is 394 g/mol. The smallest absolute Gasteiger partial charge is 0.412 e. The molecule has 9 nitrogen and oxygen atoms in total. The number of guanidine groups is 1. The fraction of sp³-hybridized carbons (Fsp3) is 0.737. The van der Waals surface area contributed by atoms with E-state index in [9.17, 15) is 4.79 Å². The van der Waals surface area contributed by atoms with E-state index in [1.165, 1.54) is 0 Å². The number of carbonyl (C=O) groups excluding carboxylic acids is 1. The van der Waals surface area contributed by atoms with Crippen molar-refractivity contribution in [3.05, 3.63) is 18.5 Å². The molecule has 0 bridgehead atoms. The fourth-order valence-corrected chi connectivity index (χ4v) is 3.27. The summed E-state index contributed by atoms with van der Waals surface area (Å²) in [5.74, 6) is 0.660. The highest BCUT2D eigenvalue weighted by molar-refractivity contribution is 5.79. The quantitative estimate of drug-likeness (QED) is 0.584. The first-order valence-electron chi connectivity index (χ1n) is 9.65. The summed E-state index contributed by atoms with van der Waals surface area (Å²) in [6.07, 6.45) is 3.14. The normalized spacial score (nSPS) is 22.2. The van der Waals surface area contributed by atoms with E-state index in [-0.39, 0.29) is 18.2 Å². The highest BCUT2D eigenvalue weighted by Crippen LogP contribution is 2.33. The summed E-state index contributed by atoms with van der Waals surface area (Å²) >= 11 is 0. The molecule has 1 aliphatic rings. The standard InChI is InChI=1S/C19H34N6O3/c1-14-15(25(19(5,6)27-14)17(26)28-18(2,3)4)13-22-16(20-7)21-10-12-24-11-8-9-23-24/h8-9,11,14-15H,10,12-13H2,1-7H3,(H2,20,21,22). The zero-order valence-electron chi connectivity index (χ0n) is 18.0. The predicted molar refractivity (Wildman–Crippen MR) is 108 cm³/mol. The Kier molecular flexibility index (Phi) is 6.92. The molecule has 1 aromatic heterocycles. The fourth-order valence-electron chi connectivity index (χ4n) is 3.27. The molecule has 2 heterocycles. The van der Waals surface area contributed by atoms with Gasteiger partial charge >= 0.3 is 6.09 Å². The molecular formula is C19H34N6O3. The maximum absolute atomic E-state index is 12.8. The molecular weight excluding hydrogens is 360 g/mol. The summed E-state index contributed by atoms with van der Waals surface area (Å²) in [6.45, 7) is 13.2. The lowest BCUT2D eigenvalue weighted by molar-refractivity contribution is -0.0755. The lowest BCUT2D eigenvalue weighted by Crippen LogP contribution is -2.54. The van der Waals surface area contributed by atoms with E-state index in [0.717, 1.165) is 6.54 Å². The molecule has 1 aromatic rings. The van der Waals surface area contributed by atoms with Crippen molar-refractivity contribution in [2.24, 2.45) is 4.99 Å². The van der Waals surface area contributed by atoms with Crippen LogP contribution in [0.25, 0.3) is 0 Å². The third-order valence-electron chi connectivity index (χ3n) is 4.41. The Morgan fingerprint density at radius 3 is 2.64 bits per heavy atom. The molecule has 2 N–H and O–H groups in total. The molecule has 1 amide bonds. The molecule has 1 fully saturated rings. The minimum Gasteiger partial charge on any atom is -0.444 e. The van der Waals surface area contributed by atoms with Crippen LogP contribution in [0.2, 0.25) is 0 Å². The third-order valence-corrected chi connectivity index (χ3v) is 4.41. The van der Waals surface area contributed by atoms with Gasteiger partial charge in [0, 0.05) is 32.5 Å². The Balaban J connectivity index is 1.95. The van der Waals surface area contributed by atoms with Gasteiger partial charge < -0.3 is 20.1 Å². The van der Waals surface area contributed by atoms with Gasteiger partial charge in [-0.2, -0.15) is 5.10 Å². The van der Waals surface area contributed by atoms with Crippen LogP contribution in [0.3, 0.4) is 0 Å². The Morgan fingerprint density at radius 2 is 2.07 bits per heavy atom. The van der Waals surface area contributed by atoms with Crippen LogP contribution in [0.1, 0.15) is 41.5 Å². The number of nitrogens with one attached hydrogen (secondary N) is 2. The Bertz CT molecular complexity index is 666. The van der Waals surface area contributed by atoms with Gasteiger partial charge in [-0.15, -0.1) is 0 Å². The molecule has 0 spiro atoms. The van der Waals surface area contributed by atoms with Gasteiger partial charge in [-0.1, -0.05) is 0 Å². The number of hydrogen-bond acceptors (Lipinski definition) is 5. The second-order valence-electron chi connectivity index (χ2n) is 8.34. The Hall–Kier alpha value is -2.29. The number of hydrogen-bond donors (Lipinski definition) is 2. The van der Waals surface area contributed by atoms with Crippen molar-refractivity contribution in [3.63, 3.8) is 0 Å². The molecule has 28 heavy (non-hydrogen) atoms. The van der Waals surface area contributed by atoms with Crippen molar-refractivity contribution in [1.82, 2.24) is 25.3 Å². The van der Waals surface area contributed by atoms with Crippen LogP contribution in [-0.4, -0.2) is 70.3 Å². The van der Waals surface area contributed by atoms with Crippen molar-refractivity contribution in [3.8, 4) is 0 Å². The maximum Gasteiger partial charge on any atom is 0.412 e. The topological polar surface area (TPSA) is 93.0 Å². The highest BCUT2D eigenvalue weighted by Gasteiger charge is 2.49. The van der Waals surface area contributed by atoms with Crippen LogP contribution in [0.5, 0.6) is 0 Å². The first kappa shape index (κ1) is 22.0. The number of aliphatic imine (C=N–C) groups is 1. The lowest BCUT2D eigenvalue weighted by atomic mass is 10.1. The summed E-state index contributed by atoms with van der Waals surface area (Å²) in [4.78, 5) is 18.7. The Labute approximate surface area is 167 Å². The molecule has 0 saturated carbocycles. The van der Waals surface area contributed by atoms with E-state index in [2.05, 4.69) is 20.7 Å². The number of amides is 1. The summed E-state index contributed by atoms with van der Waals surface area (Å²) in [7, 11) is 1.72. The van der Waals surface area contributed by atoms with Crippen molar-refractivity contribution >= 4 is 12.1 Å². The molecule has 2 atom stereocenters. The number of rotatable bonds is 5. The van der Waals surface area contributed by atoms with Crippen LogP contribution in [0.15, 0.2) is 23.5 Å². The Morgan fingerprint density at radius 1 is 1.36 bits per heavy atom. The molecule has 158 valence electrons. The first-order valence-corrected chi connectivity index (χ1v) is 9.65. The van der Waals surface area contributed by atoms with E-state index < -0.39 is 11.3 Å². The molecule has 1 saturated heterocycles. The minimum absolute atomic E-state index is 0.141. The average molecular weight is 395 g/mol. The average Bonchev–Trinajstić information content (AvgIpc) is 3.14. The predicted octanol–water partition coefficient (Wildman–Crippen LogP) is 1.81. The molecule has 9 heteroatoms. The van der Waals surface area contributed by atoms with Crippen LogP contribution >= 0.6 is 0 Å². The van der Waals surface area contributed by atoms with Gasteiger partial charge in [0.15, 0.2) is 5.96 Å². The molecule has 2 unspecified atom stereocenters. The molecule has 0 aromatic carbocycles. The van der Waals surface area contributed by atoms with Gasteiger partial charge in [-0.25, -0.2) is 4.79 Å². The van der Waals surface area contributed by atoms with Gasteiger partial charge in [0.05, 0.1) is 18.7 Å². The van der Waals surface area contributed by atoms with Crippen molar-refractivity contribution in [2.45, 2.75) is 71.6 Å². The van der Waals surface area contributed by atoms with Gasteiger partial charge in [-0.3, -0.25) is 14.6 Å². The highest BCUT2D eigenvalue weighted by atomic mass is 16.6. The summed E-state index contributed by atoms with van der Waals surface area (Å²) < 4.78 is 13.5. The second-order valence-corrected chi connectivity index (χ2v) is 8.34. The number of carbonyl (C=O) groups is 1. The van der Waals surface area contributed by atoms with E-state index in [1.54, 1.807) is 18.1 Å². The summed E-state index contributed by atoms with van der Waals surface area (Å²) in [5.41, 5.74) is -1.31. The van der Waals surface area contributed by atoms with Crippen LogP contribution in [-0.2, 0) is 16.0 Å². The number of ether oxygens (including phenoxy) is 2. The van der Waals surface area contributed by atoms with Crippen molar-refractivity contribution in [1.29, 1.82) is 0 Å². The first-order chi connectivity index (χ1) is 13.0. The minimum atomic E-state index is -0.745. The van der Waals surface area contributed by atoms with Gasteiger partial charge in [0.1, 0.15) is 11.3 Å². The lowest BCUT2D eigenvalue weighted by Gasteiger charge is -2.35. The molecule has 2 rings (SSSR count). The molecule has 1 aliphatic heterocycles. The molecule has 0 radical (unpaired) electrons. The maximum atomic E-state index is 12.8. The van der Waals surface area contributed by atoms with Crippen LogP contribution < -0.4 is 10.6 Å². The zero-order chi connectivity index (χ0) is 20.9.